The van der Waals surface area contributed by atoms with E-state index in [1.54, 1.807) is 36.4 Å². The van der Waals surface area contributed by atoms with Crippen molar-refractivity contribution in [1.29, 1.82) is 0 Å². The summed E-state index contributed by atoms with van der Waals surface area (Å²) in [5, 5.41) is 25.0. The smallest absolute Gasteiger partial charge is 0.336 e. The molecule has 0 bridgehead atoms. The maximum Gasteiger partial charge on any atom is 0.336 e. The molecule has 0 spiro atoms. The summed E-state index contributed by atoms with van der Waals surface area (Å²) >= 11 is 0. The van der Waals surface area contributed by atoms with Gasteiger partial charge in [0.25, 0.3) is 5.91 Å². The molecule has 6 aromatic carbocycles. The van der Waals surface area contributed by atoms with Gasteiger partial charge in [-0.1, -0.05) is 78.9 Å². The molecule has 0 atom stereocenters. The van der Waals surface area contributed by atoms with Gasteiger partial charge in [0.1, 0.15) is 18.1 Å². The first-order valence-corrected chi connectivity index (χ1v) is 14.8. The summed E-state index contributed by atoms with van der Waals surface area (Å²) < 4.78 is 6.01. The number of hydrogen-bond acceptors (Lipinski definition) is 6. The third-order valence-electron chi connectivity index (χ3n) is 7.52. The van der Waals surface area contributed by atoms with E-state index in [2.05, 4.69) is 15.5 Å². The van der Waals surface area contributed by atoms with E-state index in [4.69, 9.17) is 9.99 Å². The summed E-state index contributed by atoms with van der Waals surface area (Å²) in [7, 11) is 0. The first-order valence-electron chi connectivity index (χ1n) is 14.8. The van der Waals surface area contributed by atoms with Gasteiger partial charge in [0, 0.05) is 22.6 Å². The molecule has 0 aromatic heterocycles. The van der Waals surface area contributed by atoms with E-state index < -0.39 is 11.9 Å². The summed E-state index contributed by atoms with van der Waals surface area (Å²) in [5.74, 6) is -0.549. The molecule has 8 heteroatoms. The molecule has 0 aliphatic rings. The molecule has 0 unspecified atom stereocenters. The lowest BCUT2D eigenvalue weighted by molar-refractivity contribution is -0.252. The van der Waals surface area contributed by atoms with Gasteiger partial charge in [-0.2, -0.15) is 0 Å². The van der Waals surface area contributed by atoms with Crippen molar-refractivity contribution in [1.82, 2.24) is 0 Å². The molecule has 0 aliphatic heterocycles. The highest BCUT2D eigenvalue weighted by Gasteiger charge is 2.18. The third-order valence-corrected chi connectivity index (χ3v) is 7.52. The molecule has 0 radical (unpaired) electrons. The number of aromatic carboxylic acids is 1. The van der Waals surface area contributed by atoms with Crippen molar-refractivity contribution in [3.63, 3.8) is 0 Å². The second-order valence-electron chi connectivity index (χ2n) is 10.7. The lowest BCUT2D eigenvalue weighted by Crippen LogP contribution is -2.16. The first kappa shape index (κ1) is 30.8. The molecule has 0 saturated carbocycles. The summed E-state index contributed by atoms with van der Waals surface area (Å²) in [6.07, 6.45) is 0. The number of benzene rings is 6. The lowest BCUT2D eigenvalue weighted by Gasteiger charge is -2.14. The number of nitrogens with one attached hydrogen (secondary N) is 2. The molecule has 232 valence electrons. The summed E-state index contributed by atoms with van der Waals surface area (Å²) in [6.45, 7) is 0.0375. The minimum absolute atomic E-state index is 0.0375. The van der Waals surface area contributed by atoms with Crippen LogP contribution in [0, 0.1) is 0 Å². The van der Waals surface area contributed by atoms with E-state index in [0.717, 1.165) is 39.2 Å². The zero-order valence-corrected chi connectivity index (χ0v) is 25.1. The highest BCUT2D eigenvalue weighted by molar-refractivity contribution is 6.11. The number of hydrogen-bond donors (Lipinski definition) is 4. The predicted octanol–water partition coefficient (Wildman–Crippen LogP) is 9.50. The van der Waals surface area contributed by atoms with Crippen molar-refractivity contribution < 1.29 is 29.6 Å². The van der Waals surface area contributed by atoms with Crippen molar-refractivity contribution in [3.8, 4) is 33.8 Å². The molecule has 0 saturated heterocycles. The Morgan fingerprint density at radius 3 is 1.70 bits per heavy atom. The van der Waals surface area contributed by atoms with Gasteiger partial charge < -0.3 is 20.5 Å². The normalized spacial score (nSPS) is 10.7. The molecular formula is C39H30N2O6. The van der Waals surface area contributed by atoms with Crippen LogP contribution in [0.2, 0.25) is 0 Å². The van der Waals surface area contributed by atoms with Crippen LogP contribution in [0.5, 0.6) is 11.5 Å². The van der Waals surface area contributed by atoms with E-state index in [-0.39, 0.29) is 17.7 Å². The number of carboxylic acids is 1. The summed E-state index contributed by atoms with van der Waals surface area (Å²) in [5.41, 5.74) is 6.60. The number of ether oxygens (including phenoxy) is 1. The molecule has 1 amide bonds. The topological polar surface area (TPSA) is 117 Å². The standard InChI is InChI=1S/C39H30N2O6/c42-38(36-23-28(13-22-35(36)39(43)44)26-7-3-1-4-8-26)41-32-16-20-34(21-17-32)47-33-18-14-31(15-19-33)40-37-24-29(11-12-30(37)25-46-45)27-9-5-2-6-10-27/h1-24,40,45H,25H2,(H,41,42)(H,43,44). The molecule has 0 fully saturated rings. The van der Waals surface area contributed by atoms with Crippen LogP contribution in [0.3, 0.4) is 0 Å². The van der Waals surface area contributed by atoms with Crippen LogP contribution < -0.4 is 15.4 Å². The van der Waals surface area contributed by atoms with E-state index >= 15 is 0 Å². The SMILES string of the molecule is O=C(O)c1ccc(-c2ccccc2)cc1C(=O)Nc1ccc(Oc2ccc(Nc3cc(-c4ccccc4)ccc3COO)cc2)cc1. The Balaban J connectivity index is 1.12. The Hall–Kier alpha value is -6.22. The Bertz CT molecular complexity index is 2000. The number of amides is 1. The van der Waals surface area contributed by atoms with Gasteiger partial charge in [-0.15, -0.1) is 0 Å². The van der Waals surface area contributed by atoms with Crippen LogP contribution in [-0.2, 0) is 11.5 Å². The molecule has 0 aliphatic carbocycles. The van der Waals surface area contributed by atoms with Gasteiger partial charge in [-0.25, -0.2) is 9.68 Å². The minimum Gasteiger partial charge on any atom is -0.478 e. The van der Waals surface area contributed by atoms with Crippen molar-refractivity contribution in [2.75, 3.05) is 10.6 Å². The zero-order chi connectivity index (χ0) is 32.6. The summed E-state index contributed by atoms with van der Waals surface area (Å²) in [4.78, 5) is 29.4. The van der Waals surface area contributed by atoms with E-state index in [1.807, 2.05) is 103 Å². The van der Waals surface area contributed by atoms with Crippen molar-refractivity contribution >= 4 is 28.9 Å². The van der Waals surface area contributed by atoms with Crippen LogP contribution in [0.25, 0.3) is 22.3 Å². The number of carboxylic acid groups (broad SMARTS) is 1. The molecule has 47 heavy (non-hydrogen) atoms. The fourth-order valence-electron chi connectivity index (χ4n) is 5.13. The van der Waals surface area contributed by atoms with Gasteiger partial charge in [-0.05, 0) is 89.0 Å². The third kappa shape index (κ3) is 7.54. The second-order valence-corrected chi connectivity index (χ2v) is 10.7. The Morgan fingerprint density at radius 2 is 1.13 bits per heavy atom. The molecule has 8 nitrogen and oxygen atoms in total. The predicted molar refractivity (Wildman–Crippen MR) is 182 cm³/mol. The van der Waals surface area contributed by atoms with Gasteiger partial charge in [-0.3, -0.25) is 10.1 Å². The molecule has 6 aromatic rings. The Kier molecular flexibility index (Phi) is 9.34. The van der Waals surface area contributed by atoms with E-state index in [9.17, 15) is 14.7 Å². The van der Waals surface area contributed by atoms with Gasteiger partial charge in [0.15, 0.2) is 0 Å². The molecule has 6 rings (SSSR count). The van der Waals surface area contributed by atoms with Crippen LogP contribution in [0.15, 0.2) is 146 Å². The number of carbonyl (C=O) groups is 2. The van der Waals surface area contributed by atoms with Crippen molar-refractivity contribution in [3.05, 3.63) is 162 Å². The maximum atomic E-state index is 13.2. The fourth-order valence-corrected chi connectivity index (χ4v) is 5.13. The number of rotatable bonds is 11. The average Bonchev–Trinajstić information content (AvgIpc) is 3.11. The highest BCUT2D eigenvalue weighted by Crippen LogP contribution is 2.31. The monoisotopic (exact) mass is 622 g/mol. The van der Waals surface area contributed by atoms with Crippen molar-refractivity contribution in [2.24, 2.45) is 0 Å². The second kappa shape index (κ2) is 14.3. The van der Waals surface area contributed by atoms with Gasteiger partial charge >= 0.3 is 5.97 Å². The fraction of sp³-hybridized carbons (Fsp3) is 0.0256. The van der Waals surface area contributed by atoms with Crippen LogP contribution in [0.4, 0.5) is 17.1 Å². The maximum absolute atomic E-state index is 13.2. The van der Waals surface area contributed by atoms with E-state index in [1.165, 1.54) is 6.07 Å². The average molecular weight is 623 g/mol. The molecule has 0 heterocycles. The molecule has 4 N–H and O–H groups in total. The Morgan fingerprint density at radius 1 is 0.574 bits per heavy atom. The van der Waals surface area contributed by atoms with Crippen LogP contribution in [-0.4, -0.2) is 22.2 Å². The van der Waals surface area contributed by atoms with E-state index in [0.29, 0.717) is 17.2 Å². The Labute approximate surface area is 271 Å². The van der Waals surface area contributed by atoms with Gasteiger partial charge in [0.2, 0.25) is 0 Å². The lowest BCUT2D eigenvalue weighted by atomic mass is 9.98. The highest BCUT2D eigenvalue weighted by atomic mass is 17.1. The zero-order valence-electron chi connectivity index (χ0n) is 25.1. The summed E-state index contributed by atoms with van der Waals surface area (Å²) in [6, 6.07) is 44.3. The largest absolute Gasteiger partial charge is 0.478 e. The molecular weight excluding hydrogens is 592 g/mol. The first-order chi connectivity index (χ1) is 23.0. The van der Waals surface area contributed by atoms with Gasteiger partial charge in [0.05, 0.1) is 11.1 Å². The minimum atomic E-state index is -1.18. The van der Waals surface area contributed by atoms with Crippen LogP contribution >= 0.6 is 0 Å². The van der Waals surface area contributed by atoms with Crippen molar-refractivity contribution in [2.45, 2.75) is 6.61 Å². The quantitative estimate of drug-likeness (QED) is 0.0840. The van der Waals surface area contributed by atoms with Crippen LogP contribution in [0.1, 0.15) is 26.3 Å². The number of anilines is 3. The number of carbonyl (C=O) groups excluding carboxylic acids is 1.